The molecule has 0 spiro atoms. The van der Waals surface area contributed by atoms with Crippen LogP contribution in [0, 0.1) is 0 Å². The smallest absolute Gasteiger partial charge is 0.254 e. The first kappa shape index (κ1) is 17.2. The third kappa shape index (κ3) is 4.91. The lowest BCUT2D eigenvalue weighted by Crippen LogP contribution is -2.47. The van der Waals surface area contributed by atoms with Gasteiger partial charge >= 0.3 is 0 Å². The maximum Gasteiger partial charge on any atom is 0.254 e. The van der Waals surface area contributed by atoms with Gasteiger partial charge in [-0.1, -0.05) is 58.4 Å². The van der Waals surface area contributed by atoms with Crippen molar-refractivity contribution >= 4 is 27.7 Å². The molecule has 2 atom stereocenters. The SMILES string of the molecule is NC(=O)[C@H](Cc1cccc(Br)c1)NC(=O)[C@@H](O)c1ccccc1. The van der Waals surface area contributed by atoms with Gasteiger partial charge in [-0.25, -0.2) is 0 Å². The van der Waals surface area contributed by atoms with Gasteiger partial charge in [0.05, 0.1) is 0 Å². The van der Waals surface area contributed by atoms with Gasteiger partial charge in [-0.15, -0.1) is 0 Å². The zero-order chi connectivity index (χ0) is 16.8. The predicted molar refractivity (Wildman–Crippen MR) is 90.4 cm³/mol. The summed E-state index contributed by atoms with van der Waals surface area (Å²) < 4.78 is 0.869. The molecule has 2 amide bonds. The van der Waals surface area contributed by atoms with Crippen molar-refractivity contribution in [1.29, 1.82) is 0 Å². The Balaban J connectivity index is 2.07. The summed E-state index contributed by atoms with van der Waals surface area (Å²) in [6.07, 6.45) is -1.09. The molecule has 2 aromatic rings. The Morgan fingerprint density at radius 2 is 1.83 bits per heavy atom. The fourth-order valence-electron chi connectivity index (χ4n) is 2.16. The summed E-state index contributed by atoms with van der Waals surface area (Å²) in [6, 6.07) is 15.0. The fourth-order valence-corrected chi connectivity index (χ4v) is 2.61. The van der Waals surface area contributed by atoms with Crippen molar-refractivity contribution in [3.05, 3.63) is 70.2 Å². The molecule has 0 aromatic heterocycles. The van der Waals surface area contributed by atoms with E-state index in [2.05, 4.69) is 21.2 Å². The number of rotatable bonds is 6. The standard InChI is InChI=1S/C17H17BrN2O3/c18-13-8-4-5-11(9-13)10-14(16(19)22)20-17(23)15(21)12-6-2-1-3-7-12/h1-9,14-15,21H,10H2,(H2,19,22)(H,20,23)/t14-,15-/m0/s1. The van der Waals surface area contributed by atoms with Crippen LogP contribution < -0.4 is 11.1 Å². The Morgan fingerprint density at radius 3 is 2.43 bits per heavy atom. The highest BCUT2D eigenvalue weighted by atomic mass is 79.9. The van der Waals surface area contributed by atoms with Gasteiger partial charge < -0.3 is 16.2 Å². The van der Waals surface area contributed by atoms with Crippen molar-refractivity contribution in [2.45, 2.75) is 18.6 Å². The van der Waals surface area contributed by atoms with E-state index in [1.54, 1.807) is 30.3 Å². The summed E-state index contributed by atoms with van der Waals surface area (Å²) in [6.45, 7) is 0. The van der Waals surface area contributed by atoms with Gasteiger partial charge in [0.15, 0.2) is 6.10 Å². The summed E-state index contributed by atoms with van der Waals surface area (Å²) in [4.78, 5) is 23.7. The first-order valence-electron chi connectivity index (χ1n) is 7.04. The number of amides is 2. The highest BCUT2D eigenvalue weighted by Crippen LogP contribution is 2.15. The third-order valence-corrected chi connectivity index (χ3v) is 3.85. The summed E-state index contributed by atoms with van der Waals surface area (Å²) in [5, 5.41) is 12.6. The molecule has 2 rings (SSSR count). The van der Waals surface area contributed by atoms with Gasteiger partial charge in [0.25, 0.3) is 5.91 Å². The molecule has 0 heterocycles. The average molecular weight is 377 g/mol. The van der Waals surface area contributed by atoms with Crippen molar-refractivity contribution < 1.29 is 14.7 Å². The Kier molecular flexibility index (Phi) is 5.90. The maximum atomic E-state index is 12.1. The van der Waals surface area contributed by atoms with E-state index in [1.807, 2.05) is 24.3 Å². The molecule has 0 fully saturated rings. The second-order valence-corrected chi connectivity index (χ2v) is 6.03. The van der Waals surface area contributed by atoms with E-state index >= 15 is 0 Å². The van der Waals surface area contributed by atoms with Crippen LogP contribution in [0.3, 0.4) is 0 Å². The molecule has 4 N–H and O–H groups in total. The molecular formula is C17H17BrN2O3. The lowest BCUT2D eigenvalue weighted by molar-refractivity contribution is -0.133. The summed E-state index contributed by atoms with van der Waals surface area (Å²) in [5.74, 6) is -1.31. The normalized spacial score (nSPS) is 13.1. The van der Waals surface area contributed by atoms with Gasteiger partial charge in [-0.05, 0) is 23.3 Å². The van der Waals surface area contributed by atoms with Crippen molar-refractivity contribution in [3.63, 3.8) is 0 Å². The molecule has 0 aliphatic rings. The van der Waals surface area contributed by atoms with E-state index < -0.39 is 24.0 Å². The van der Waals surface area contributed by atoms with Crippen molar-refractivity contribution in [1.82, 2.24) is 5.32 Å². The van der Waals surface area contributed by atoms with E-state index in [1.165, 1.54) is 0 Å². The van der Waals surface area contributed by atoms with Gasteiger partial charge in [0.1, 0.15) is 6.04 Å². The number of hydrogen-bond acceptors (Lipinski definition) is 3. The van der Waals surface area contributed by atoms with E-state index in [4.69, 9.17) is 5.73 Å². The summed E-state index contributed by atoms with van der Waals surface area (Å²) in [7, 11) is 0. The lowest BCUT2D eigenvalue weighted by atomic mass is 10.0. The molecule has 0 saturated carbocycles. The largest absolute Gasteiger partial charge is 0.378 e. The highest BCUT2D eigenvalue weighted by molar-refractivity contribution is 9.10. The average Bonchev–Trinajstić information content (AvgIpc) is 2.54. The van der Waals surface area contributed by atoms with Gasteiger partial charge in [0.2, 0.25) is 5.91 Å². The molecule has 23 heavy (non-hydrogen) atoms. The first-order chi connectivity index (χ1) is 11.0. The molecule has 0 aliphatic heterocycles. The molecular weight excluding hydrogens is 360 g/mol. The second-order valence-electron chi connectivity index (χ2n) is 5.11. The Hall–Kier alpha value is -2.18. The summed E-state index contributed by atoms with van der Waals surface area (Å²) >= 11 is 3.35. The highest BCUT2D eigenvalue weighted by Gasteiger charge is 2.24. The Labute approximate surface area is 142 Å². The second kappa shape index (κ2) is 7.89. The lowest BCUT2D eigenvalue weighted by Gasteiger charge is -2.18. The van der Waals surface area contributed by atoms with Crippen LogP contribution in [0.4, 0.5) is 0 Å². The number of halogens is 1. The number of aliphatic hydroxyl groups excluding tert-OH is 1. The van der Waals surface area contributed by atoms with Crippen LogP contribution in [0.15, 0.2) is 59.1 Å². The molecule has 2 aromatic carbocycles. The Morgan fingerprint density at radius 1 is 1.13 bits per heavy atom. The molecule has 0 saturated heterocycles. The number of nitrogens with one attached hydrogen (secondary N) is 1. The molecule has 120 valence electrons. The molecule has 0 radical (unpaired) electrons. The van der Waals surface area contributed by atoms with Crippen LogP contribution in [-0.2, 0) is 16.0 Å². The number of primary amides is 1. The molecule has 6 heteroatoms. The van der Waals surface area contributed by atoms with Crippen LogP contribution >= 0.6 is 15.9 Å². The van der Waals surface area contributed by atoms with Crippen LogP contribution in [0.25, 0.3) is 0 Å². The fraction of sp³-hybridized carbons (Fsp3) is 0.176. The van der Waals surface area contributed by atoms with Crippen LogP contribution in [0.2, 0.25) is 0 Å². The number of nitrogens with two attached hydrogens (primary N) is 1. The number of benzene rings is 2. The maximum absolute atomic E-state index is 12.1. The Bertz CT molecular complexity index is 691. The van der Waals surface area contributed by atoms with E-state index in [0.717, 1.165) is 10.0 Å². The number of hydrogen-bond donors (Lipinski definition) is 3. The minimum absolute atomic E-state index is 0.252. The van der Waals surface area contributed by atoms with Gasteiger partial charge in [0, 0.05) is 10.9 Å². The third-order valence-electron chi connectivity index (χ3n) is 3.35. The van der Waals surface area contributed by atoms with Crippen molar-refractivity contribution in [2.24, 2.45) is 5.73 Å². The van der Waals surface area contributed by atoms with Crippen LogP contribution in [-0.4, -0.2) is 23.0 Å². The topological polar surface area (TPSA) is 92.4 Å². The zero-order valence-electron chi connectivity index (χ0n) is 12.3. The summed E-state index contributed by atoms with van der Waals surface area (Å²) in [5.41, 5.74) is 6.66. The first-order valence-corrected chi connectivity index (χ1v) is 7.84. The van der Waals surface area contributed by atoms with Gasteiger partial charge in [-0.3, -0.25) is 9.59 Å². The van der Waals surface area contributed by atoms with E-state index in [9.17, 15) is 14.7 Å². The van der Waals surface area contributed by atoms with Crippen LogP contribution in [0.5, 0.6) is 0 Å². The molecule has 0 unspecified atom stereocenters. The molecule has 5 nitrogen and oxygen atoms in total. The van der Waals surface area contributed by atoms with Crippen molar-refractivity contribution in [2.75, 3.05) is 0 Å². The minimum atomic E-state index is -1.35. The number of carbonyl (C=O) groups is 2. The molecule has 0 aliphatic carbocycles. The molecule has 0 bridgehead atoms. The quantitative estimate of drug-likeness (QED) is 0.716. The van der Waals surface area contributed by atoms with E-state index in [0.29, 0.717) is 5.56 Å². The number of carbonyl (C=O) groups excluding carboxylic acids is 2. The van der Waals surface area contributed by atoms with E-state index in [-0.39, 0.29) is 6.42 Å². The van der Waals surface area contributed by atoms with Crippen molar-refractivity contribution in [3.8, 4) is 0 Å². The number of aliphatic hydroxyl groups is 1. The minimum Gasteiger partial charge on any atom is -0.378 e. The zero-order valence-corrected chi connectivity index (χ0v) is 13.9. The predicted octanol–water partition coefficient (Wildman–Crippen LogP) is 1.70. The monoisotopic (exact) mass is 376 g/mol. The van der Waals surface area contributed by atoms with Crippen LogP contribution in [0.1, 0.15) is 17.2 Å². The van der Waals surface area contributed by atoms with Gasteiger partial charge in [-0.2, -0.15) is 0 Å².